The molecule has 1 heterocycles. The molecule has 3 rings (SSSR count). The van der Waals surface area contributed by atoms with Crippen LogP contribution in [0.25, 0.3) is 0 Å². The van der Waals surface area contributed by atoms with Crippen LogP contribution in [0.5, 0.6) is 17.2 Å². The second-order valence-corrected chi connectivity index (χ2v) is 6.07. The van der Waals surface area contributed by atoms with E-state index in [1.165, 1.54) is 0 Å². The molecule has 2 N–H and O–H groups in total. The number of aromatic amines is 1. The molecule has 6 nitrogen and oxygen atoms in total. The van der Waals surface area contributed by atoms with Gasteiger partial charge >= 0.3 is 6.18 Å². The zero-order valence-corrected chi connectivity index (χ0v) is 15.7. The first-order valence-electron chi connectivity index (χ1n) is 8.89. The lowest BCUT2D eigenvalue weighted by molar-refractivity contribution is -0.141. The maximum Gasteiger partial charge on any atom is 0.431 e. The summed E-state index contributed by atoms with van der Waals surface area (Å²) < 4.78 is 49.2. The molecule has 0 spiro atoms. The number of carbonyl (C=O) groups excluding carboxylic acids is 1. The van der Waals surface area contributed by atoms with Crippen molar-refractivity contribution in [2.24, 2.45) is 0 Å². The molecule has 0 aliphatic rings. The lowest BCUT2D eigenvalue weighted by Gasteiger charge is -2.13. The Morgan fingerprint density at radius 2 is 1.67 bits per heavy atom. The maximum atomic E-state index is 12.7. The van der Waals surface area contributed by atoms with E-state index < -0.39 is 28.9 Å². The van der Waals surface area contributed by atoms with Gasteiger partial charge in [0.05, 0.1) is 12.3 Å². The second-order valence-electron chi connectivity index (χ2n) is 6.07. The van der Waals surface area contributed by atoms with Gasteiger partial charge in [-0.3, -0.25) is 9.59 Å². The number of amides is 1. The number of aromatic nitrogens is 1. The van der Waals surface area contributed by atoms with Crippen molar-refractivity contribution >= 4 is 11.6 Å². The van der Waals surface area contributed by atoms with Crippen molar-refractivity contribution in [1.82, 2.24) is 4.98 Å². The van der Waals surface area contributed by atoms with Crippen LogP contribution in [0.3, 0.4) is 0 Å². The summed E-state index contributed by atoms with van der Waals surface area (Å²) in [7, 11) is 0. The molecule has 0 saturated carbocycles. The molecule has 0 atom stereocenters. The number of carbonyl (C=O) groups is 1. The van der Waals surface area contributed by atoms with Gasteiger partial charge in [-0.15, -0.1) is 0 Å². The summed E-state index contributed by atoms with van der Waals surface area (Å²) in [6.45, 7) is 2.39. The number of pyridine rings is 1. The third-order valence-corrected chi connectivity index (χ3v) is 3.96. The molecule has 3 aromatic rings. The number of rotatable bonds is 6. The molecule has 0 bridgehead atoms. The monoisotopic (exact) mass is 418 g/mol. The van der Waals surface area contributed by atoms with Gasteiger partial charge in [-0.1, -0.05) is 12.1 Å². The fourth-order valence-corrected chi connectivity index (χ4v) is 2.56. The van der Waals surface area contributed by atoms with Crippen molar-refractivity contribution in [2.45, 2.75) is 13.1 Å². The molecular weight excluding hydrogens is 401 g/mol. The average molecular weight is 418 g/mol. The molecule has 0 radical (unpaired) electrons. The van der Waals surface area contributed by atoms with E-state index in [1.807, 2.05) is 6.92 Å². The number of anilines is 1. The number of hydrogen-bond acceptors (Lipinski definition) is 4. The maximum absolute atomic E-state index is 12.7. The Morgan fingerprint density at radius 3 is 2.30 bits per heavy atom. The van der Waals surface area contributed by atoms with Crippen molar-refractivity contribution in [3.63, 3.8) is 0 Å². The van der Waals surface area contributed by atoms with E-state index in [0.717, 1.165) is 6.07 Å². The van der Waals surface area contributed by atoms with Crippen LogP contribution >= 0.6 is 0 Å². The van der Waals surface area contributed by atoms with E-state index in [9.17, 15) is 22.8 Å². The summed E-state index contributed by atoms with van der Waals surface area (Å²) >= 11 is 0. The molecule has 0 aliphatic carbocycles. The lowest BCUT2D eigenvalue weighted by Crippen LogP contribution is -2.25. The highest BCUT2D eigenvalue weighted by molar-refractivity contribution is 6.04. The number of halogens is 3. The summed E-state index contributed by atoms with van der Waals surface area (Å²) in [6.07, 6.45) is -4.72. The Kier molecular flexibility index (Phi) is 6.10. The molecule has 0 saturated heterocycles. The standard InChI is InChI=1S/C21H17F3N2O4/c1-2-29-13-7-9-14(10-8-13)30-17-6-4-3-5-16(17)25-19(27)15-11-12-18(21(22,23)24)26-20(15)28/h3-12H,2H2,1H3,(H,25,27)(H,26,28). The summed E-state index contributed by atoms with van der Waals surface area (Å²) in [5.41, 5.74) is -2.59. The van der Waals surface area contributed by atoms with E-state index in [-0.39, 0.29) is 5.69 Å². The van der Waals surface area contributed by atoms with Gasteiger partial charge in [0.15, 0.2) is 5.75 Å². The molecule has 0 fully saturated rings. The Morgan fingerprint density at radius 1 is 1.00 bits per heavy atom. The lowest BCUT2D eigenvalue weighted by atomic mass is 10.2. The average Bonchev–Trinajstić information content (AvgIpc) is 2.70. The van der Waals surface area contributed by atoms with Crippen LogP contribution in [0.1, 0.15) is 23.0 Å². The quantitative estimate of drug-likeness (QED) is 0.601. The Bertz CT molecular complexity index is 1090. The van der Waals surface area contributed by atoms with Gasteiger partial charge in [-0.2, -0.15) is 13.2 Å². The highest BCUT2D eigenvalue weighted by atomic mass is 19.4. The number of hydrogen-bond donors (Lipinski definition) is 2. The van der Waals surface area contributed by atoms with E-state index in [4.69, 9.17) is 9.47 Å². The van der Waals surface area contributed by atoms with Crippen LogP contribution in [-0.2, 0) is 6.18 Å². The summed E-state index contributed by atoms with van der Waals surface area (Å²) in [6, 6.07) is 14.7. The highest BCUT2D eigenvalue weighted by Crippen LogP contribution is 2.31. The van der Waals surface area contributed by atoms with Gasteiger partial charge in [0, 0.05) is 0 Å². The number of nitrogens with one attached hydrogen (secondary N) is 2. The summed E-state index contributed by atoms with van der Waals surface area (Å²) in [5.74, 6) is 0.576. The fraction of sp³-hybridized carbons (Fsp3) is 0.143. The largest absolute Gasteiger partial charge is 0.494 e. The van der Waals surface area contributed by atoms with Crippen LogP contribution in [0.2, 0.25) is 0 Å². The minimum absolute atomic E-state index is 0.246. The van der Waals surface area contributed by atoms with E-state index in [0.29, 0.717) is 29.9 Å². The van der Waals surface area contributed by atoms with Crippen LogP contribution in [0, 0.1) is 0 Å². The van der Waals surface area contributed by atoms with E-state index in [2.05, 4.69) is 5.32 Å². The molecule has 1 aromatic heterocycles. The molecule has 0 unspecified atom stereocenters. The van der Waals surface area contributed by atoms with Crippen molar-refractivity contribution in [3.8, 4) is 17.2 Å². The van der Waals surface area contributed by atoms with Crippen molar-refractivity contribution in [1.29, 1.82) is 0 Å². The first-order valence-corrected chi connectivity index (χ1v) is 8.89. The van der Waals surface area contributed by atoms with E-state index >= 15 is 0 Å². The zero-order chi connectivity index (χ0) is 21.7. The van der Waals surface area contributed by atoms with Gasteiger partial charge < -0.3 is 19.8 Å². The summed E-state index contributed by atoms with van der Waals surface area (Å²) in [4.78, 5) is 26.0. The molecule has 30 heavy (non-hydrogen) atoms. The smallest absolute Gasteiger partial charge is 0.431 e. The van der Waals surface area contributed by atoms with E-state index in [1.54, 1.807) is 53.5 Å². The van der Waals surface area contributed by atoms with Gasteiger partial charge in [0.1, 0.15) is 22.8 Å². The third-order valence-electron chi connectivity index (χ3n) is 3.96. The number of benzene rings is 2. The van der Waals surface area contributed by atoms with Gasteiger partial charge in [-0.05, 0) is 55.5 Å². The Balaban J connectivity index is 1.79. The molecular formula is C21H17F3N2O4. The number of para-hydroxylation sites is 2. The Labute approximate surface area is 169 Å². The third kappa shape index (κ3) is 4.99. The van der Waals surface area contributed by atoms with Crippen LogP contribution < -0.4 is 20.3 Å². The normalized spacial score (nSPS) is 11.1. The number of H-pyrrole nitrogens is 1. The predicted octanol–water partition coefficient (Wildman–Crippen LogP) is 4.84. The van der Waals surface area contributed by atoms with Crippen LogP contribution in [0.15, 0.2) is 65.5 Å². The van der Waals surface area contributed by atoms with Gasteiger partial charge in [0.2, 0.25) is 0 Å². The predicted molar refractivity (Wildman–Crippen MR) is 104 cm³/mol. The molecule has 9 heteroatoms. The number of ether oxygens (including phenoxy) is 2. The molecule has 0 aliphatic heterocycles. The van der Waals surface area contributed by atoms with Crippen molar-refractivity contribution < 1.29 is 27.4 Å². The number of alkyl halides is 3. The van der Waals surface area contributed by atoms with Crippen molar-refractivity contribution in [2.75, 3.05) is 11.9 Å². The summed E-state index contributed by atoms with van der Waals surface area (Å²) in [5, 5.41) is 2.49. The first-order chi connectivity index (χ1) is 14.3. The van der Waals surface area contributed by atoms with Gasteiger partial charge in [-0.25, -0.2) is 0 Å². The fourth-order valence-electron chi connectivity index (χ4n) is 2.56. The van der Waals surface area contributed by atoms with Crippen LogP contribution in [-0.4, -0.2) is 17.5 Å². The SMILES string of the molecule is CCOc1ccc(Oc2ccccc2NC(=O)c2ccc(C(F)(F)F)[nH]c2=O)cc1. The minimum Gasteiger partial charge on any atom is -0.494 e. The first kappa shape index (κ1) is 21.0. The molecule has 2 aromatic carbocycles. The molecule has 1 amide bonds. The zero-order valence-electron chi connectivity index (χ0n) is 15.7. The topological polar surface area (TPSA) is 80.4 Å². The Hall–Kier alpha value is -3.75. The molecule has 156 valence electrons. The van der Waals surface area contributed by atoms with Gasteiger partial charge in [0.25, 0.3) is 11.5 Å². The highest BCUT2D eigenvalue weighted by Gasteiger charge is 2.32. The minimum atomic E-state index is -4.72. The van der Waals surface area contributed by atoms with Crippen molar-refractivity contribution in [3.05, 3.63) is 82.3 Å². The van der Waals surface area contributed by atoms with Crippen LogP contribution in [0.4, 0.5) is 18.9 Å². The second kappa shape index (κ2) is 8.73.